The van der Waals surface area contributed by atoms with Gasteiger partial charge in [0.25, 0.3) is 11.6 Å². The molecule has 0 aliphatic carbocycles. The molecule has 2 aromatic carbocycles. The lowest BCUT2D eigenvalue weighted by Gasteiger charge is -2.24. The summed E-state index contributed by atoms with van der Waals surface area (Å²) >= 11 is 6.04. The lowest BCUT2D eigenvalue weighted by molar-refractivity contribution is -0.661. The Morgan fingerprint density at radius 3 is 2.48 bits per heavy atom. The summed E-state index contributed by atoms with van der Waals surface area (Å²) in [6.07, 6.45) is 4.33. The highest BCUT2D eigenvalue weighted by Crippen LogP contribution is 2.36. The summed E-state index contributed by atoms with van der Waals surface area (Å²) in [5, 5.41) is 12.3. The Morgan fingerprint density at radius 2 is 1.80 bits per heavy atom. The van der Waals surface area contributed by atoms with Crippen molar-refractivity contribution in [3.05, 3.63) is 64.7 Å². The Balaban J connectivity index is 1.75. The van der Waals surface area contributed by atoms with E-state index in [0.717, 1.165) is 37.1 Å². The summed E-state index contributed by atoms with van der Waals surface area (Å²) in [4.78, 5) is 2.28. The third-order valence-corrected chi connectivity index (χ3v) is 5.70. The zero-order valence-corrected chi connectivity index (χ0v) is 15.3. The first-order chi connectivity index (χ1) is 12.1. The van der Waals surface area contributed by atoms with E-state index in [2.05, 4.69) is 40.7 Å². The molecule has 0 bridgehead atoms. The number of hydrogen-bond acceptors (Lipinski definition) is 2. The first-order valence-electron chi connectivity index (χ1n) is 9.10. The molecule has 4 heteroatoms. The van der Waals surface area contributed by atoms with Crippen molar-refractivity contribution < 1.29 is 9.68 Å². The summed E-state index contributed by atoms with van der Waals surface area (Å²) in [5.74, 6) is 1.23. The van der Waals surface area contributed by atoms with Crippen LogP contribution < -0.4 is 4.90 Å². The number of anilines is 1. The summed E-state index contributed by atoms with van der Waals surface area (Å²) in [6, 6.07) is 16.3. The fourth-order valence-electron chi connectivity index (χ4n) is 4.01. The minimum absolute atomic E-state index is 0.551. The van der Waals surface area contributed by atoms with Gasteiger partial charge in [0, 0.05) is 17.0 Å². The average Bonchev–Trinajstić information content (AvgIpc) is 2.97. The fraction of sp³-hybridized carbons (Fsp3) is 0.381. The molecule has 1 atom stereocenters. The molecule has 1 N–H and O–H groups in total. The van der Waals surface area contributed by atoms with E-state index in [9.17, 15) is 5.11 Å². The molecule has 130 valence electrons. The van der Waals surface area contributed by atoms with Crippen LogP contribution in [0.1, 0.15) is 37.3 Å². The first-order valence-corrected chi connectivity index (χ1v) is 9.48. The van der Waals surface area contributed by atoms with Gasteiger partial charge in [-0.1, -0.05) is 42.8 Å². The Morgan fingerprint density at radius 1 is 1.08 bits per heavy atom. The third-order valence-electron chi connectivity index (χ3n) is 5.44. The van der Waals surface area contributed by atoms with Gasteiger partial charge in [0.2, 0.25) is 0 Å². The molecule has 3 nitrogen and oxygen atoms in total. The Hall–Kier alpha value is -1.84. The molecule has 25 heavy (non-hydrogen) atoms. The molecule has 2 heterocycles. The van der Waals surface area contributed by atoms with Gasteiger partial charge in [0.15, 0.2) is 6.54 Å². The topological polar surface area (TPSA) is 26.5 Å². The number of rotatable bonds is 3. The van der Waals surface area contributed by atoms with Crippen LogP contribution in [0.3, 0.4) is 0 Å². The van der Waals surface area contributed by atoms with Gasteiger partial charge in [0.1, 0.15) is 5.69 Å². The zero-order chi connectivity index (χ0) is 17.4. The Bertz CT molecular complexity index is 798. The van der Waals surface area contributed by atoms with Crippen molar-refractivity contribution >= 4 is 23.1 Å². The third kappa shape index (κ3) is 2.86. The number of aliphatic hydroxyl groups is 1. The van der Waals surface area contributed by atoms with Crippen LogP contribution in [-0.2, 0) is 12.1 Å². The molecule has 0 saturated carbocycles. The van der Waals surface area contributed by atoms with Crippen LogP contribution in [-0.4, -0.2) is 28.6 Å². The molecule has 0 radical (unpaired) electrons. The van der Waals surface area contributed by atoms with Crippen LogP contribution in [0.25, 0.3) is 0 Å². The minimum Gasteiger partial charge on any atom is -0.346 e. The number of aryl methyl sites for hydroxylation is 1. The van der Waals surface area contributed by atoms with Crippen LogP contribution in [0, 0.1) is 0 Å². The van der Waals surface area contributed by atoms with Crippen molar-refractivity contribution in [3.8, 4) is 0 Å². The summed E-state index contributed by atoms with van der Waals surface area (Å²) in [7, 11) is 0. The second-order valence-electron chi connectivity index (χ2n) is 6.95. The Labute approximate surface area is 154 Å². The van der Waals surface area contributed by atoms with Crippen LogP contribution in [0.4, 0.5) is 5.69 Å². The second kappa shape index (κ2) is 6.47. The number of halogens is 1. The van der Waals surface area contributed by atoms with Crippen LogP contribution in [0.5, 0.6) is 0 Å². The molecular formula is C21H24ClN2O+. The molecule has 0 aromatic heterocycles. The van der Waals surface area contributed by atoms with Gasteiger partial charge in [-0.15, -0.1) is 0 Å². The van der Waals surface area contributed by atoms with E-state index in [-0.39, 0.29) is 0 Å². The van der Waals surface area contributed by atoms with E-state index in [1.165, 1.54) is 17.8 Å². The fourth-order valence-corrected chi connectivity index (χ4v) is 4.14. The van der Waals surface area contributed by atoms with Gasteiger partial charge in [-0.3, -0.25) is 0 Å². The van der Waals surface area contributed by atoms with E-state index in [1.807, 2.05) is 24.3 Å². The van der Waals surface area contributed by atoms with Crippen molar-refractivity contribution in [3.63, 3.8) is 0 Å². The van der Waals surface area contributed by atoms with Gasteiger partial charge >= 0.3 is 0 Å². The number of β-amino-alcohol motifs (C(OH)–C–C–N with tert-alkyl or cyclic N) is 1. The van der Waals surface area contributed by atoms with E-state index < -0.39 is 5.72 Å². The van der Waals surface area contributed by atoms with Crippen molar-refractivity contribution in [2.45, 2.75) is 38.3 Å². The highest BCUT2D eigenvalue weighted by Gasteiger charge is 2.52. The van der Waals surface area contributed by atoms with Crippen molar-refractivity contribution in [1.29, 1.82) is 0 Å². The molecule has 0 fully saturated rings. The zero-order valence-electron chi connectivity index (χ0n) is 14.6. The predicted octanol–water partition coefficient (Wildman–Crippen LogP) is 4.16. The average molecular weight is 356 g/mol. The number of nitrogens with zero attached hydrogens (tertiary/aromatic N) is 2. The van der Waals surface area contributed by atoms with E-state index in [1.54, 1.807) is 0 Å². The highest BCUT2D eigenvalue weighted by molar-refractivity contribution is 6.30. The number of amidine groups is 1. The summed E-state index contributed by atoms with van der Waals surface area (Å²) in [5.41, 5.74) is 2.40. The molecule has 2 aromatic rings. The van der Waals surface area contributed by atoms with Gasteiger partial charge in [-0.05, 0) is 49.1 Å². The quantitative estimate of drug-likeness (QED) is 0.837. The molecule has 2 aliphatic heterocycles. The van der Waals surface area contributed by atoms with Gasteiger partial charge in [-0.2, -0.15) is 0 Å². The van der Waals surface area contributed by atoms with Gasteiger partial charge in [-0.25, -0.2) is 9.48 Å². The van der Waals surface area contributed by atoms with Gasteiger partial charge in [0.05, 0.1) is 6.54 Å². The maximum atomic E-state index is 11.6. The second-order valence-corrected chi connectivity index (χ2v) is 7.39. The maximum absolute atomic E-state index is 11.6. The lowest BCUT2D eigenvalue weighted by atomic mass is 10.0. The lowest BCUT2D eigenvalue weighted by Crippen LogP contribution is -2.41. The Kier molecular flexibility index (Phi) is 4.30. The summed E-state index contributed by atoms with van der Waals surface area (Å²) < 4.78 is 2.19. The van der Waals surface area contributed by atoms with Crippen LogP contribution in [0.2, 0.25) is 5.02 Å². The smallest absolute Gasteiger partial charge is 0.271 e. The van der Waals surface area contributed by atoms with Crippen molar-refractivity contribution in [1.82, 2.24) is 0 Å². The first kappa shape index (κ1) is 16.6. The van der Waals surface area contributed by atoms with E-state index >= 15 is 0 Å². The SMILES string of the molecule is CCc1ccc(N2CC(O)(c3ccc(Cl)cc3)[N+]3=C2CCCC3)cc1. The molecule has 0 saturated heterocycles. The maximum Gasteiger partial charge on any atom is 0.271 e. The normalized spacial score (nSPS) is 23.1. The van der Waals surface area contributed by atoms with Crippen LogP contribution in [0.15, 0.2) is 48.5 Å². The monoisotopic (exact) mass is 355 g/mol. The van der Waals surface area contributed by atoms with E-state index in [0.29, 0.717) is 11.6 Å². The molecule has 4 rings (SSSR count). The molecular weight excluding hydrogens is 332 g/mol. The molecule has 1 unspecified atom stereocenters. The minimum atomic E-state index is -0.996. The predicted molar refractivity (Wildman–Crippen MR) is 103 cm³/mol. The van der Waals surface area contributed by atoms with Crippen molar-refractivity contribution in [2.24, 2.45) is 0 Å². The van der Waals surface area contributed by atoms with E-state index in [4.69, 9.17) is 11.6 Å². The largest absolute Gasteiger partial charge is 0.346 e. The highest BCUT2D eigenvalue weighted by atomic mass is 35.5. The van der Waals surface area contributed by atoms with Gasteiger partial charge < -0.3 is 5.11 Å². The number of benzene rings is 2. The molecule has 0 spiro atoms. The number of hydrogen-bond donors (Lipinski definition) is 1. The molecule has 0 amide bonds. The molecule has 2 aliphatic rings. The van der Waals surface area contributed by atoms with Crippen LogP contribution >= 0.6 is 11.6 Å². The summed E-state index contributed by atoms with van der Waals surface area (Å²) in [6.45, 7) is 3.61. The van der Waals surface area contributed by atoms with Crippen molar-refractivity contribution in [2.75, 3.05) is 18.0 Å². The standard InChI is InChI=1S/C21H24ClN2O/c1-2-16-6-12-19(13-7-16)23-15-21(25,17-8-10-18(22)11-9-17)24-14-4-3-5-20(23)24/h6-13,25H,2-5,14-15H2,1H3/q+1.